The van der Waals surface area contributed by atoms with Gasteiger partial charge in [-0.05, 0) is 24.2 Å². The molecule has 1 aliphatic heterocycles. The van der Waals surface area contributed by atoms with E-state index in [1.165, 1.54) is 16.8 Å². The van der Waals surface area contributed by atoms with Gasteiger partial charge < -0.3 is 0 Å². The molecule has 62 valence electrons. The standard InChI is InChI=1S/C10H13N2/c1-7-4-5-10-9(6-7)8(2)12(3)11-10/h4-6,10H,1-3H3/q+1. The van der Waals surface area contributed by atoms with Crippen LogP contribution in [0.15, 0.2) is 40.2 Å². The molecule has 0 radical (unpaired) electrons. The summed E-state index contributed by atoms with van der Waals surface area (Å²) in [4.78, 5) is 0. The molecule has 1 atom stereocenters. The summed E-state index contributed by atoms with van der Waals surface area (Å²) in [5, 5.41) is 4.45. The Hall–Kier alpha value is -1.18. The number of azo groups is 2. The zero-order valence-corrected chi connectivity index (χ0v) is 7.70. The van der Waals surface area contributed by atoms with Crippen molar-refractivity contribution in [1.29, 1.82) is 0 Å². The fourth-order valence-electron chi connectivity index (χ4n) is 1.60. The molecular formula is C10H13N2+. The molecule has 1 aliphatic carbocycles. The van der Waals surface area contributed by atoms with Gasteiger partial charge in [-0.2, -0.15) is 0 Å². The van der Waals surface area contributed by atoms with Gasteiger partial charge in [-0.1, -0.05) is 16.3 Å². The number of hydrogen-bond acceptors (Lipinski definition) is 1. The lowest BCUT2D eigenvalue weighted by Crippen LogP contribution is -2.03. The van der Waals surface area contributed by atoms with E-state index in [1.807, 2.05) is 11.7 Å². The molecule has 0 aromatic carbocycles. The summed E-state index contributed by atoms with van der Waals surface area (Å²) in [6, 6.07) is 0.277. The van der Waals surface area contributed by atoms with Crippen LogP contribution >= 0.6 is 0 Å². The maximum absolute atomic E-state index is 4.45. The lowest BCUT2D eigenvalue weighted by Gasteiger charge is -2.05. The van der Waals surface area contributed by atoms with E-state index in [1.54, 1.807) is 0 Å². The summed E-state index contributed by atoms with van der Waals surface area (Å²) in [5.41, 5.74) is 3.92. The van der Waals surface area contributed by atoms with Gasteiger partial charge in [0.15, 0.2) is 13.1 Å². The first-order chi connectivity index (χ1) is 5.68. The minimum absolute atomic E-state index is 0.277. The molecule has 0 amide bonds. The zero-order chi connectivity index (χ0) is 8.72. The summed E-state index contributed by atoms with van der Waals surface area (Å²) >= 11 is 0. The van der Waals surface area contributed by atoms with Crippen molar-refractivity contribution in [3.63, 3.8) is 0 Å². The van der Waals surface area contributed by atoms with Crippen LogP contribution in [0, 0.1) is 0 Å². The summed E-state index contributed by atoms with van der Waals surface area (Å²) in [6.07, 6.45) is 6.49. The normalized spacial score (nSPS) is 27.1. The van der Waals surface area contributed by atoms with E-state index in [0.29, 0.717) is 0 Å². The molecule has 0 aromatic rings. The van der Waals surface area contributed by atoms with Gasteiger partial charge in [0.1, 0.15) is 0 Å². The monoisotopic (exact) mass is 161 g/mol. The van der Waals surface area contributed by atoms with Crippen LogP contribution in [0.2, 0.25) is 0 Å². The number of fused-ring (bicyclic) bond motifs is 1. The minimum atomic E-state index is 0.277. The van der Waals surface area contributed by atoms with E-state index in [4.69, 9.17) is 0 Å². The molecule has 0 saturated heterocycles. The van der Waals surface area contributed by atoms with Crippen LogP contribution in [0.1, 0.15) is 13.8 Å². The predicted molar refractivity (Wildman–Crippen MR) is 48.0 cm³/mol. The van der Waals surface area contributed by atoms with Crippen molar-refractivity contribution in [2.24, 2.45) is 5.11 Å². The third-order valence-corrected chi connectivity index (χ3v) is 2.44. The molecule has 2 rings (SSSR count). The maximum Gasteiger partial charge on any atom is 0.210 e. The smallest absolute Gasteiger partial charge is 0.0949 e. The van der Waals surface area contributed by atoms with Gasteiger partial charge >= 0.3 is 0 Å². The molecule has 1 heterocycles. The Labute approximate surface area is 72.6 Å². The first kappa shape index (κ1) is 7.47. The van der Waals surface area contributed by atoms with Gasteiger partial charge in [0.25, 0.3) is 0 Å². The minimum Gasteiger partial charge on any atom is -0.0949 e. The number of allylic oxidation sites excluding steroid dienone is 3. The van der Waals surface area contributed by atoms with Crippen molar-refractivity contribution in [2.45, 2.75) is 19.9 Å². The van der Waals surface area contributed by atoms with E-state index in [9.17, 15) is 0 Å². The summed E-state index contributed by atoms with van der Waals surface area (Å²) in [7, 11) is 2.00. The van der Waals surface area contributed by atoms with Crippen LogP contribution in [0.5, 0.6) is 0 Å². The van der Waals surface area contributed by atoms with E-state index in [2.05, 4.69) is 37.2 Å². The van der Waals surface area contributed by atoms with Gasteiger partial charge in [0.2, 0.25) is 5.70 Å². The highest BCUT2D eigenvalue weighted by molar-refractivity contribution is 5.42. The average Bonchev–Trinajstić information content (AvgIpc) is 2.31. The fraction of sp³-hybridized carbons (Fsp3) is 0.400. The Balaban J connectivity index is 2.49. The Morgan fingerprint density at radius 2 is 2.17 bits per heavy atom. The second kappa shape index (κ2) is 2.41. The lowest BCUT2D eigenvalue weighted by molar-refractivity contribution is -0.511. The Kier molecular flexibility index (Phi) is 1.50. The van der Waals surface area contributed by atoms with Crippen LogP contribution < -0.4 is 0 Å². The largest absolute Gasteiger partial charge is 0.210 e. The number of rotatable bonds is 0. The van der Waals surface area contributed by atoms with E-state index < -0.39 is 0 Å². The highest BCUT2D eigenvalue weighted by Crippen LogP contribution is 2.27. The highest BCUT2D eigenvalue weighted by atomic mass is 15.3. The topological polar surface area (TPSA) is 15.4 Å². The molecule has 2 nitrogen and oxygen atoms in total. The van der Waals surface area contributed by atoms with E-state index in [-0.39, 0.29) is 6.04 Å². The van der Waals surface area contributed by atoms with Crippen LogP contribution in [0.3, 0.4) is 0 Å². The molecule has 0 N–H and O–H groups in total. The van der Waals surface area contributed by atoms with Gasteiger partial charge in [-0.25, -0.2) is 0 Å². The maximum atomic E-state index is 4.45. The van der Waals surface area contributed by atoms with Crippen molar-refractivity contribution in [3.8, 4) is 0 Å². The van der Waals surface area contributed by atoms with Crippen LogP contribution in [-0.4, -0.2) is 17.8 Å². The Bertz CT molecular complexity index is 343. The molecule has 0 bridgehead atoms. The molecule has 2 heteroatoms. The third kappa shape index (κ3) is 0.951. The fourth-order valence-corrected chi connectivity index (χ4v) is 1.60. The Morgan fingerprint density at radius 3 is 2.92 bits per heavy atom. The average molecular weight is 161 g/mol. The van der Waals surface area contributed by atoms with Crippen molar-refractivity contribution in [1.82, 2.24) is 0 Å². The molecule has 0 saturated carbocycles. The first-order valence-electron chi connectivity index (χ1n) is 4.20. The second-order valence-electron chi connectivity index (χ2n) is 3.37. The summed E-state index contributed by atoms with van der Waals surface area (Å²) in [5.74, 6) is 0. The third-order valence-electron chi connectivity index (χ3n) is 2.44. The van der Waals surface area contributed by atoms with Gasteiger partial charge in [0, 0.05) is 6.92 Å². The molecular weight excluding hydrogens is 148 g/mol. The van der Waals surface area contributed by atoms with Gasteiger partial charge in [-0.15, -0.1) is 0 Å². The Morgan fingerprint density at radius 1 is 1.42 bits per heavy atom. The van der Waals surface area contributed by atoms with E-state index in [0.717, 1.165) is 0 Å². The van der Waals surface area contributed by atoms with Crippen molar-refractivity contribution in [3.05, 3.63) is 35.1 Å². The van der Waals surface area contributed by atoms with Gasteiger partial charge in [-0.3, -0.25) is 0 Å². The first-order valence-corrected chi connectivity index (χ1v) is 4.20. The summed E-state index contributed by atoms with van der Waals surface area (Å²) in [6.45, 7) is 4.23. The number of nitrogens with zero attached hydrogens (tertiary/aromatic N) is 2. The highest BCUT2D eigenvalue weighted by Gasteiger charge is 2.28. The van der Waals surface area contributed by atoms with Crippen LogP contribution in [0.25, 0.3) is 0 Å². The van der Waals surface area contributed by atoms with Gasteiger partial charge in [0.05, 0.1) is 5.57 Å². The molecule has 1 unspecified atom stereocenters. The molecule has 0 spiro atoms. The zero-order valence-electron chi connectivity index (χ0n) is 7.70. The van der Waals surface area contributed by atoms with Crippen LogP contribution in [0.4, 0.5) is 0 Å². The summed E-state index contributed by atoms with van der Waals surface area (Å²) < 4.78 is 1.96. The van der Waals surface area contributed by atoms with Crippen molar-refractivity contribution in [2.75, 3.05) is 7.05 Å². The van der Waals surface area contributed by atoms with E-state index >= 15 is 0 Å². The SMILES string of the molecule is CC1=CC2=C(C)[N+](C)=NC2C=C1. The lowest BCUT2D eigenvalue weighted by atomic mass is 9.98. The number of hydrogen-bond donors (Lipinski definition) is 0. The second-order valence-corrected chi connectivity index (χ2v) is 3.37. The van der Waals surface area contributed by atoms with Crippen molar-refractivity contribution < 1.29 is 4.70 Å². The predicted octanol–water partition coefficient (Wildman–Crippen LogP) is 2.25. The molecule has 0 aromatic heterocycles. The molecule has 12 heavy (non-hydrogen) atoms. The molecule has 2 aliphatic rings. The van der Waals surface area contributed by atoms with Crippen molar-refractivity contribution >= 4 is 0 Å². The van der Waals surface area contributed by atoms with Crippen LogP contribution in [-0.2, 0) is 0 Å². The quantitative estimate of drug-likeness (QED) is 0.484. The molecule has 0 fully saturated rings.